The number of carbonyl (C=O) groups excluding carboxylic acids is 1. The molecule has 2 heterocycles. The van der Waals surface area contributed by atoms with Crippen molar-refractivity contribution in [2.45, 2.75) is 43.9 Å². The van der Waals surface area contributed by atoms with E-state index in [9.17, 15) is 18.0 Å². The minimum atomic E-state index is -4.44. The Morgan fingerprint density at radius 2 is 2.08 bits per heavy atom. The molecule has 0 aromatic carbocycles. The molecule has 2 amide bonds. The molecule has 1 aromatic heterocycles. The fourth-order valence-electron chi connectivity index (χ4n) is 2.99. The lowest BCUT2D eigenvalue weighted by atomic mass is 10.1. The van der Waals surface area contributed by atoms with E-state index < -0.39 is 24.9 Å². The third-order valence-corrected chi connectivity index (χ3v) is 4.24. The van der Waals surface area contributed by atoms with Crippen LogP contribution in [-0.4, -0.2) is 53.5 Å². The van der Waals surface area contributed by atoms with Crippen molar-refractivity contribution in [3.8, 4) is 0 Å². The van der Waals surface area contributed by atoms with Crippen molar-refractivity contribution in [3.63, 3.8) is 0 Å². The van der Waals surface area contributed by atoms with Crippen LogP contribution >= 0.6 is 0 Å². The summed E-state index contributed by atoms with van der Waals surface area (Å²) in [6, 6.07) is -0.778. The summed E-state index contributed by atoms with van der Waals surface area (Å²) in [4.78, 5) is 17.5. The van der Waals surface area contributed by atoms with Gasteiger partial charge in [-0.05, 0) is 12.8 Å². The molecule has 2 fully saturated rings. The van der Waals surface area contributed by atoms with E-state index in [1.54, 1.807) is 0 Å². The van der Waals surface area contributed by atoms with Crippen molar-refractivity contribution in [3.05, 3.63) is 11.7 Å². The monoisotopic (exact) mass is 348 g/mol. The van der Waals surface area contributed by atoms with Crippen LogP contribution in [0.4, 0.5) is 18.0 Å². The predicted molar refractivity (Wildman–Crippen MR) is 75.2 cm³/mol. The lowest BCUT2D eigenvalue weighted by molar-refractivity contribution is -0.123. The zero-order chi connectivity index (χ0) is 17.2. The van der Waals surface area contributed by atoms with Gasteiger partial charge < -0.3 is 19.5 Å². The van der Waals surface area contributed by atoms with Gasteiger partial charge in [0.05, 0.1) is 13.2 Å². The summed E-state index contributed by atoms with van der Waals surface area (Å²) in [7, 11) is 0. The quantitative estimate of drug-likeness (QED) is 0.907. The Kier molecular flexibility index (Phi) is 4.93. The summed E-state index contributed by atoms with van der Waals surface area (Å²) in [5.41, 5.74) is 0. The maximum absolute atomic E-state index is 12.2. The molecule has 1 N–H and O–H groups in total. The molecule has 7 nitrogen and oxygen atoms in total. The molecule has 0 spiro atoms. The number of ether oxygens (including phenoxy) is 1. The fourth-order valence-corrected chi connectivity index (χ4v) is 2.99. The molecule has 1 saturated heterocycles. The number of rotatable bonds is 3. The van der Waals surface area contributed by atoms with Gasteiger partial charge in [0.1, 0.15) is 12.6 Å². The van der Waals surface area contributed by atoms with Crippen LogP contribution in [0.3, 0.4) is 0 Å². The number of hydrogen-bond acceptors (Lipinski definition) is 5. The first-order chi connectivity index (χ1) is 11.4. The molecule has 1 unspecified atom stereocenters. The van der Waals surface area contributed by atoms with Crippen LogP contribution in [0.25, 0.3) is 0 Å². The molecule has 1 aliphatic heterocycles. The average molecular weight is 348 g/mol. The molecular weight excluding hydrogens is 329 g/mol. The van der Waals surface area contributed by atoms with E-state index in [2.05, 4.69) is 10.1 Å². The normalized spacial score (nSPS) is 22.8. The van der Waals surface area contributed by atoms with Gasteiger partial charge in [0.2, 0.25) is 11.7 Å². The van der Waals surface area contributed by atoms with Crippen LogP contribution in [0.15, 0.2) is 4.52 Å². The molecule has 1 aromatic rings. The van der Waals surface area contributed by atoms with E-state index in [-0.39, 0.29) is 25.6 Å². The number of alkyl halides is 3. The Balaban J connectivity index is 1.58. The van der Waals surface area contributed by atoms with Crippen molar-refractivity contribution >= 4 is 6.03 Å². The summed E-state index contributed by atoms with van der Waals surface area (Å²) in [5.74, 6) is 1.18. The Bertz CT molecular complexity index is 572. The summed E-state index contributed by atoms with van der Waals surface area (Å²) in [6.07, 6.45) is -0.733. The van der Waals surface area contributed by atoms with E-state index in [1.807, 2.05) is 5.32 Å². The number of hydrogen-bond donors (Lipinski definition) is 1. The van der Waals surface area contributed by atoms with Gasteiger partial charge in [0.15, 0.2) is 0 Å². The number of amides is 2. The van der Waals surface area contributed by atoms with Crippen molar-refractivity contribution in [1.82, 2.24) is 20.4 Å². The SMILES string of the molecule is O=C(NCC(F)(F)F)N1CCOC(c2noc(C3CCCC3)n2)C1. The Morgan fingerprint density at radius 3 is 2.79 bits per heavy atom. The van der Waals surface area contributed by atoms with Gasteiger partial charge in [0.25, 0.3) is 0 Å². The van der Waals surface area contributed by atoms with Gasteiger partial charge in [-0.1, -0.05) is 18.0 Å². The van der Waals surface area contributed by atoms with E-state index in [4.69, 9.17) is 9.26 Å². The Labute approximate surface area is 136 Å². The summed E-state index contributed by atoms with van der Waals surface area (Å²) >= 11 is 0. The maximum atomic E-state index is 12.2. The standard InChI is InChI=1S/C14H19F3N4O3/c15-14(16,17)8-18-13(22)21-5-6-23-10(7-21)11-19-12(24-20-11)9-3-1-2-4-9/h9-10H,1-8H2,(H,18,22). The Hall–Kier alpha value is -1.84. The molecule has 1 saturated carbocycles. The lowest BCUT2D eigenvalue weighted by Crippen LogP contribution is -2.49. The third-order valence-electron chi connectivity index (χ3n) is 4.24. The van der Waals surface area contributed by atoms with Gasteiger partial charge in [-0.15, -0.1) is 0 Å². The van der Waals surface area contributed by atoms with Crippen LogP contribution in [0.1, 0.15) is 49.4 Å². The molecule has 0 radical (unpaired) electrons. The van der Waals surface area contributed by atoms with Gasteiger partial charge in [-0.2, -0.15) is 18.2 Å². The van der Waals surface area contributed by atoms with E-state index in [0.29, 0.717) is 11.7 Å². The van der Waals surface area contributed by atoms with E-state index >= 15 is 0 Å². The smallest absolute Gasteiger partial charge is 0.366 e. The zero-order valence-corrected chi connectivity index (χ0v) is 13.0. The predicted octanol–water partition coefficient (Wildman–Crippen LogP) is 2.37. The molecule has 0 bridgehead atoms. The van der Waals surface area contributed by atoms with Crippen LogP contribution in [0.5, 0.6) is 0 Å². The Morgan fingerprint density at radius 1 is 1.33 bits per heavy atom. The van der Waals surface area contributed by atoms with Crippen LogP contribution in [0, 0.1) is 0 Å². The molecule has 24 heavy (non-hydrogen) atoms. The third kappa shape index (κ3) is 4.16. The highest BCUT2D eigenvalue weighted by Gasteiger charge is 2.33. The van der Waals surface area contributed by atoms with Crippen LogP contribution in [-0.2, 0) is 4.74 Å². The largest absolute Gasteiger partial charge is 0.405 e. The highest BCUT2D eigenvalue weighted by Crippen LogP contribution is 2.33. The molecular formula is C14H19F3N4O3. The number of nitrogens with zero attached hydrogens (tertiary/aromatic N) is 3. The minimum absolute atomic E-state index is 0.0906. The van der Waals surface area contributed by atoms with E-state index in [1.165, 1.54) is 4.90 Å². The molecule has 1 atom stereocenters. The first-order valence-electron chi connectivity index (χ1n) is 7.97. The number of nitrogens with one attached hydrogen (secondary N) is 1. The summed E-state index contributed by atoms with van der Waals surface area (Å²) < 4.78 is 47.4. The zero-order valence-electron chi connectivity index (χ0n) is 13.0. The molecule has 3 rings (SSSR count). The van der Waals surface area contributed by atoms with Crippen molar-refractivity contribution in [2.24, 2.45) is 0 Å². The summed E-state index contributed by atoms with van der Waals surface area (Å²) in [6.45, 7) is -0.847. The van der Waals surface area contributed by atoms with Crippen LogP contribution < -0.4 is 5.32 Å². The van der Waals surface area contributed by atoms with Crippen molar-refractivity contribution < 1.29 is 27.2 Å². The molecule has 2 aliphatic rings. The molecule has 1 aliphatic carbocycles. The molecule has 134 valence electrons. The minimum Gasteiger partial charge on any atom is -0.366 e. The second-order valence-corrected chi connectivity index (χ2v) is 6.05. The molecule has 10 heteroatoms. The topological polar surface area (TPSA) is 80.5 Å². The highest BCUT2D eigenvalue weighted by molar-refractivity contribution is 5.74. The number of halogens is 3. The first kappa shape index (κ1) is 17.0. The second kappa shape index (κ2) is 6.96. The lowest BCUT2D eigenvalue weighted by Gasteiger charge is -2.31. The average Bonchev–Trinajstić information content (AvgIpc) is 3.22. The maximum Gasteiger partial charge on any atom is 0.405 e. The number of carbonyl (C=O) groups is 1. The van der Waals surface area contributed by atoms with Gasteiger partial charge in [-0.3, -0.25) is 0 Å². The first-order valence-corrected chi connectivity index (χ1v) is 7.97. The summed E-state index contributed by atoms with van der Waals surface area (Å²) in [5, 5.41) is 5.77. The second-order valence-electron chi connectivity index (χ2n) is 6.05. The van der Waals surface area contributed by atoms with E-state index in [0.717, 1.165) is 25.7 Å². The van der Waals surface area contributed by atoms with Crippen molar-refractivity contribution in [2.75, 3.05) is 26.2 Å². The number of urea groups is 1. The van der Waals surface area contributed by atoms with Gasteiger partial charge in [0, 0.05) is 12.5 Å². The number of aromatic nitrogens is 2. The highest BCUT2D eigenvalue weighted by atomic mass is 19.4. The van der Waals surface area contributed by atoms with Gasteiger partial charge >= 0.3 is 12.2 Å². The van der Waals surface area contributed by atoms with Crippen molar-refractivity contribution in [1.29, 1.82) is 0 Å². The van der Waals surface area contributed by atoms with Gasteiger partial charge in [-0.25, -0.2) is 4.79 Å². The fraction of sp³-hybridized carbons (Fsp3) is 0.786. The number of morpholine rings is 1. The van der Waals surface area contributed by atoms with Crippen LogP contribution in [0.2, 0.25) is 0 Å².